The quantitative estimate of drug-likeness (QED) is 0.902. The van der Waals surface area contributed by atoms with Gasteiger partial charge in [-0.1, -0.05) is 18.2 Å². The van der Waals surface area contributed by atoms with Gasteiger partial charge in [-0.05, 0) is 47.0 Å². The number of ether oxygens (including phenoxy) is 1. The molecule has 3 rings (SSSR count). The average molecular weight is 347 g/mol. The predicted molar refractivity (Wildman–Crippen MR) is 84.6 cm³/mol. The minimum Gasteiger partial charge on any atom is -0.493 e. The normalized spacial score (nSPS) is 16.8. The van der Waals surface area contributed by atoms with Gasteiger partial charge in [-0.3, -0.25) is 4.79 Å². The van der Waals surface area contributed by atoms with Gasteiger partial charge in [0.15, 0.2) is 0 Å². The molecule has 1 atom stereocenters. The number of benzene rings is 1. The summed E-state index contributed by atoms with van der Waals surface area (Å²) in [6.45, 7) is 2.52. The van der Waals surface area contributed by atoms with Crippen LogP contribution < -0.4 is 10.1 Å². The molecular weight excluding hydrogens is 332 g/mol. The lowest BCUT2D eigenvalue weighted by Gasteiger charge is -2.24. The maximum Gasteiger partial charge on any atom is 0.233 e. The monoisotopic (exact) mass is 346 g/mol. The van der Waals surface area contributed by atoms with Crippen molar-refractivity contribution in [3.8, 4) is 5.75 Å². The van der Waals surface area contributed by atoms with E-state index in [4.69, 9.17) is 4.74 Å². The molecule has 0 aliphatic carbocycles. The fourth-order valence-electron chi connectivity index (χ4n) is 2.44. The third-order valence-electron chi connectivity index (χ3n) is 3.57. The van der Waals surface area contributed by atoms with E-state index in [1.165, 1.54) is 0 Å². The van der Waals surface area contributed by atoms with Crippen LogP contribution in [0.3, 0.4) is 0 Å². The maximum absolute atomic E-state index is 12.5. The zero-order valence-electron chi connectivity index (χ0n) is 11.6. The second-order valence-electron chi connectivity index (χ2n) is 5.04. The van der Waals surface area contributed by atoms with Gasteiger partial charge in [-0.25, -0.2) is 4.98 Å². The van der Waals surface area contributed by atoms with Crippen LogP contribution in [0, 0.1) is 6.92 Å². The van der Waals surface area contributed by atoms with E-state index in [0.717, 1.165) is 21.3 Å². The average Bonchev–Trinajstić information content (AvgIpc) is 2.50. The summed E-state index contributed by atoms with van der Waals surface area (Å²) in [5.74, 6) is 1.13. The molecule has 21 heavy (non-hydrogen) atoms. The standard InChI is InChI=1S/C16H15BrN2O2/c1-10-8-15(18-9-13(10)17)19-16(20)12-6-7-21-14-5-3-2-4-11(12)14/h2-5,8-9,12H,6-7H2,1H3,(H,18,19,20). The fraction of sp³-hybridized carbons (Fsp3) is 0.250. The lowest BCUT2D eigenvalue weighted by molar-refractivity contribution is -0.118. The number of carbonyl (C=O) groups excluding carboxylic acids is 1. The zero-order chi connectivity index (χ0) is 14.8. The van der Waals surface area contributed by atoms with Gasteiger partial charge in [0.1, 0.15) is 11.6 Å². The maximum atomic E-state index is 12.5. The number of nitrogens with zero attached hydrogens (tertiary/aromatic N) is 1. The van der Waals surface area contributed by atoms with Crippen molar-refractivity contribution < 1.29 is 9.53 Å². The summed E-state index contributed by atoms with van der Waals surface area (Å²) in [4.78, 5) is 16.7. The zero-order valence-corrected chi connectivity index (χ0v) is 13.2. The van der Waals surface area contributed by atoms with E-state index in [-0.39, 0.29) is 11.8 Å². The van der Waals surface area contributed by atoms with Gasteiger partial charge >= 0.3 is 0 Å². The number of rotatable bonds is 2. The molecule has 0 fully saturated rings. The molecule has 1 N–H and O–H groups in total. The van der Waals surface area contributed by atoms with Crippen molar-refractivity contribution in [2.24, 2.45) is 0 Å². The Balaban J connectivity index is 1.81. The van der Waals surface area contributed by atoms with E-state index < -0.39 is 0 Å². The van der Waals surface area contributed by atoms with Crippen molar-refractivity contribution in [1.29, 1.82) is 0 Å². The molecule has 5 heteroatoms. The molecule has 1 amide bonds. The SMILES string of the molecule is Cc1cc(NC(=O)C2CCOc3ccccc32)ncc1Br. The number of para-hydroxylation sites is 1. The highest BCUT2D eigenvalue weighted by Crippen LogP contribution is 2.34. The van der Waals surface area contributed by atoms with Crippen molar-refractivity contribution in [3.05, 3.63) is 52.1 Å². The van der Waals surface area contributed by atoms with Gasteiger partial charge in [0.2, 0.25) is 5.91 Å². The summed E-state index contributed by atoms with van der Waals surface area (Å²) < 4.78 is 6.51. The van der Waals surface area contributed by atoms with Crippen molar-refractivity contribution >= 4 is 27.7 Å². The first-order valence-corrected chi connectivity index (χ1v) is 7.59. The summed E-state index contributed by atoms with van der Waals surface area (Å²) in [5, 5.41) is 2.89. The topological polar surface area (TPSA) is 51.2 Å². The van der Waals surface area contributed by atoms with Crippen LogP contribution in [0.5, 0.6) is 5.75 Å². The summed E-state index contributed by atoms with van der Waals surface area (Å²) in [6, 6.07) is 9.54. The molecule has 2 heterocycles. The third kappa shape index (κ3) is 2.93. The number of aromatic nitrogens is 1. The Morgan fingerprint density at radius 1 is 1.43 bits per heavy atom. The number of pyridine rings is 1. The van der Waals surface area contributed by atoms with E-state index in [2.05, 4.69) is 26.2 Å². The molecule has 108 valence electrons. The number of carbonyl (C=O) groups is 1. The molecule has 0 spiro atoms. The molecule has 0 bridgehead atoms. The number of hydrogen-bond donors (Lipinski definition) is 1. The van der Waals surface area contributed by atoms with Crippen LogP contribution in [-0.4, -0.2) is 17.5 Å². The Hall–Kier alpha value is -1.88. The highest BCUT2D eigenvalue weighted by molar-refractivity contribution is 9.10. The molecule has 1 aliphatic rings. The Bertz CT molecular complexity index is 688. The number of hydrogen-bond acceptors (Lipinski definition) is 3. The van der Waals surface area contributed by atoms with E-state index in [0.29, 0.717) is 18.8 Å². The van der Waals surface area contributed by atoms with Gasteiger partial charge < -0.3 is 10.1 Å². The smallest absolute Gasteiger partial charge is 0.233 e. The summed E-state index contributed by atoms with van der Waals surface area (Å²) in [7, 11) is 0. The predicted octanol–water partition coefficient (Wildman–Crippen LogP) is 3.66. The first-order valence-electron chi connectivity index (χ1n) is 6.80. The van der Waals surface area contributed by atoms with E-state index in [1.807, 2.05) is 37.3 Å². The second-order valence-corrected chi connectivity index (χ2v) is 5.89. The highest BCUT2D eigenvalue weighted by atomic mass is 79.9. The molecule has 0 radical (unpaired) electrons. The summed E-state index contributed by atoms with van der Waals surface area (Å²) in [6.07, 6.45) is 2.38. The molecule has 0 saturated carbocycles. The second kappa shape index (κ2) is 5.85. The van der Waals surface area contributed by atoms with Crippen LogP contribution >= 0.6 is 15.9 Å². The van der Waals surface area contributed by atoms with Crippen molar-refractivity contribution in [2.75, 3.05) is 11.9 Å². The van der Waals surface area contributed by atoms with Gasteiger partial charge in [-0.15, -0.1) is 0 Å². The van der Waals surface area contributed by atoms with E-state index in [9.17, 15) is 4.79 Å². The van der Waals surface area contributed by atoms with Gasteiger partial charge in [0.05, 0.1) is 12.5 Å². The van der Waals surface area contributed by atoms with Crippen LogP contribution in [0.2, 0.25) is 0 Å². The van der Waals surface area contributed by atoms with Crippen LogP contribution in [0.1, 0.15) is 23.5 Å². The Morgan fingerprint density at radius 3 is 3.05 bits per heavy atom. The number of nitrogens with one attached hydrogen (secondary N) is 1. The molecule has 2 aromatic rings. The lowest BCUT2D eigenvalue weighted by Crippen LogP contribution is -2.26. The van der Waals surface area contributed by atoms with E-state index in [1.54, 1.807) is 6.20 Å². The van der Waals surface area contributed by atoms with Crippen LogP contribution in [0.25, 0.3) is 0 Å². The number of amides is 1. The highest BCUT2D eigenvalue weighted by Gasteiger charge is 2.27. The minimum atomic E-state index is -0.194. The Labute approximate surface area is 131 Å². The molecule has 0 saturated heterocycles. The molecular formula is C16H15BrN2O2. The van der Waals surface area contributed by atoms with Crippen molar-refractivity contribution in [3.63, 3.8) is 0 Å². The van der Waals surface area contributed by atoms with Gasteiger partial charge in [0.25, 0.3) is 0 Å². The lowest BCUT2D eigenvalue weighted by atomic mass is 9.92. The van der Waals surface area contributed by atoms with Crippen molar-refractivity contribution in [1.82, 2.24) is 4.98 Å². The molecule has 1 unspecified atom stereocenters. The Morgan fingerprint density at radius 2 is 2.24 bits per heavy atom. The molecule has 4 nitrogen and oxygen atoms in total. The van der Waals surface area contributed by atoms with Gasteiger partial charge in [-0.2, -0.15) is 0 Å². The first-order chi connectivity index (χ1) is 10.1. The largest absolute Gasteiger partial charge is 0.493 e. The number of halogens is 1. The first kappa shape index (κ1) is 14.1. The summed E-state index contributed by atoms with van der Waals surface area (Å²) in [5.41, 5.74) is 1.97. The Kier molecular flexibility index (Phi) is 3.92. The van der Waals surface area contributed by atoms with Crippen molar-refractivity contribution in [2.45, 2.75) is 19.3 Å². The number of anilines is 1. The third-order valence-corrected chi connectivity index (χ3v) is 4.40. The molecule has 1 aliphatic heterocycles. The molecule has 1 aromatic carbocycles. The van der Waals surface area contributed by atoms with Crippen LogP contribution in [-0.2, 0) is 4.79 Å². The fourth-order valence-corrected chi connectivity index (χ4v) is 2.65. The van der Waals surface area contributed by atoms with Gasteiger partial charge in [0, 0.05) is 16.2 Å². The van der Waals surface area contributed by atoms with Crippen LogP contribution in [0.4, 0.5) is 5.82 Å². The van der Waals surface area contributed by atoms with E-state index >= 15 is 0 Å². The van der Waals surface area contributed by atoms with Crippen LogP contribution in [0.15, 0.2) is 41.0 Å². The molecule has 1 aromatic heterocycles. The summed E-state index contributed by atoms with van der Waals surface area (Å²) >= 11 is 3.40. The minimum absolute atomic E-state index is 0.0417. The number of aryl methyl sites for hydroxylation is 1. The number of fused-ring (bicyclic) bond motifs is 1.